The van der Waals surface area contributed by atoms with Crippen LogP contribution in [0.3, 0.4) is 0 Å². The second-order valence-electron chi connectivity index (χ2n) is 30.9. The number of aryl methyl sites for hydroxylation is 2. The normalized spacial score (nSPS) is 11.7. The van der Waals surface area contributed by atoms with Crippen LogP contribution in [0.5, 0.6) is 0 Å². The number of hydrogen-bond donors (Lipinski definition) is 0. The Hall–Kier alpha value is -2.17. The van der Waals surface area contributed by atoms with Crippen LogP contribution in [-0.4, -0.2) is 10.7 Å². The zero-order valence-electron chi connectivity index (χ0n) is 67.4. The van der Waals surface area contributed by atoms with Crippen LogP contribution < -0.4 is 0 Å². The van der Waals surface area contributed by atoms with Gasteiger partial charge < -0.3 is 5.53 Å². The molecular weight excluding hydrogens is 1230 g/mol. The van der Waals surface area contributed by atoms with Gasteiger partial charge in [0.25, 0.3) is 0 Å². The Labute approximate surface area is 622 Å². The molecule has 0 heterocycles. The molecule has 0 radical (unpaired) electrons. The van der Waals surface area contributed by atoms with E-state index in [2.05, 4.69) is 115 Å². The Bertz CT molecular complexity index is 1970. The van der Waals surface area contributed by atoms with Crippen LogP contribution in [0.2, 0.25) is 10.8 Å². The quantitative estimate of drug-likeness (QED) is 0.0158. The van der Waals surface area contributed by atoms with Crippen LogP contribution in [0.4, 0.5) is 0 Å². The number of hydrogen-bond acceptors (Lipinski definition) is 0. The summed E-state index contributed by atoms with van der Waals surface area (Å²) in [5.74, 6) is 3.02. The Kier molecular flexibility index (Phi) is 75.6. The minimum absolute atomic E-state index is 0.878. The molecule has 0 saturated carbocycles. The number of rotatable bonds is 76. The van der Waals surface area contributed by atoms with Crippen molar-refractivity contribution in [2.24, 2.45) is 0 Å². The van der Waals surface area contributed by atoms with E-state index in [9.17, 15) is 5.53 Å². The van der Waals surface area contributed by atoms with Crippen molar-refractivity contribution in [3.05, 3.63) is 87.5 Å². The third-order valence-electron chi connectivity index (χ3n) is 21.5. The molecule has 2 nitrogen and oxygen atoms in total. The van der Waals surface area contributed by atoms with Gasteiger partial charge in [0.1, 0.15) is 0 Å². The summed E-state index contributed by atoms with van der Waals surface area (Å²) in [4.78, 5) is 3.43. The van der Waals surface area contributed by atoms with Crippen molar-refractivity contribution in [1.82, 2.24) is 0 Å². The molecule has 0 aliphatic heterocycles. The van der Waals surface area contributed by atoms with Gasteiger partial charge in [-0.05, 0) is 78.3 Å². The predicted octanol–water partition coefficient (Wildman–Crippen LogP) is 34.3. The van der Waals surface area contributed by atoms with E-state index >= 15 is 0 Å². The van der Waals surface area contributed by atoms with Gasteiger partial charge in [0.2, 0.25) is 0 Å². The van der Waals surface area contributed by atoms with Gasteiger partial charge >= 0.3 is 172 Å². The zero-order chi connectivity index (χ0) is 70.4. The van der Waals surface area contributed by atoms with Crippen LogP contribution in [0.25, 0.3) is 11.1 Å². The first-order chi connectivity index (χ1) is 48.6. The second-order valence-corrected chi connectivity index (χ2v) is 32.4. The van der Waals surface area contributed by atoms with Crippen LogP contribution in [0.15, 0.2) is 59.7 Å². The SMILES string of the molecule is CCCCCCCCCCCCCCCCCCCCCCCCCC[CH2][Ni][CH2]CCCCCCCCCCCCCCCCCCCCCCCCCC.CCCCCCCCCCc1ccc(C(=C(CC)C(=C=[N+]=[N-])CCCCCCCC)c2cccc(CCCCC)c2)cc1. The van der Waals surface area contributed by atoms with Crippen molar-refractivity contribution in [2.75, 3.05) is 0 Å². The number of unbranched alkanes of at least 4 members (excludes halogenated alkanes) is 62. The third-order valence-corrected chi connectivity index (χ3v) is 22.9. The number of benzene rings is 2. The summed E-state index contributed by atoms with van der Waals surface area (Å²) in [5, 5.41) is 2.87. The molecule has 2 aromatic rings. The molecular formula is C95H172N2Ni. The maximum atomic E-state index is 9.62. The molecule has 2 rings (SSSR count). The van der Waals surface area contributed by atoms with Gasteiger partial charge in [-0.25, -0.2) is 0 Å². The molecule has 98 heavy (non-hydrogen) atoms. The summed E-state index contributed by atoms with van der Waals surface area (Å²) in [6.45, 7) is 13.7. The van der Waals surface area contributed by atoms with Crippen LogP contribution in [-0.2, 0) is 27.3 Å². The zero-order valence-corrected chi connectivity index (χ0v) is 68.4. The molecule has 0 aromatic heterocycles. The van der Waals surface area contributed by atoms with Crippen molar-refractivity contribution in [3.8, 4) is 0 Å². The molecule has 0 aliphatic rings. The molecule has 0 unspecified atom stereocenters. The minimum Gasteiger partial charge on any atom is -0.348 e. The minimum atomic E-state index is 0.878. The summed E-state index contributed by atoms with van der Waals surface area (Å²) in [6, 6.07) is 18.5. The van der Waals surface area contributed by atoms with Crippen molar-refractivity contribution in [1.29, 1.82) is 0 Å². The van der Waals surface area contributed by atoms with Crippen molar-refractivity contribution in [3.63, 3.8) is 0 Å². The molecule has 0 fully saturated rings. The molecule has 0 aliphatic carbocycles. The molecule has 0 amide bonds. The summed E-state index contributed by atoms with van der Waals surface area (Å²) in [7, 11) is 0. The fraction of sp³-hybridized carbons (Fsp3) is 0.832. The molecule has 0 bridgehead atoms. The molecule has 0 spiro atoms. The molecule has 0 N–H and O–H groups in total. The molecule has 2 aromatic carbocycles. The Morgan fingerprint density at radius 3 is 0.857 bits per heavy atom. The number of nitrogens with zero attached hydrogens (tertiary/aromatic N) is 2. The summed E-state index contributed by atoms with van der Waals surface area (Å²) in [6.07, 6.45) is 100. The standard InChI is InChI=1S/C41H62N2.2C27H55.Ni/c1-5-9-12-14-16-17-18-21-24-35-29-31-37(32-30-35)41(38-28-23-26-36(33-38)25-20-11-7-3)40(8-4)39(34-43-42)27-22-19-15-13-10-6-2;2*1-3-5-7-9-11-13-15-17-19-21-23-25-27-26-24-22-20-18-16-14-12-10-8-6-4-2;/h23,26,28-33H,5-22,24-25,27H2,1-4H3;2*1,3-27H2,2H3;. The molecule has 3 heteroatoms. The predicted molar refractivity (Wildman–Crippen MR) is 441 cm³/mol. The van der Waals surface area contributed by atoms with Crippen LogP contribution in [0.1, 0.15) is 507 Å². The van der Waals surface area contributed by atoms with Crippen LogP contribution >= 0.6 is 0 Å². The monoisotopic (exact) mass is 1400 g/mol. The third kappa shape index (κ3) is 62.4. The van der Waals surface area contributed by atoms with Gasteiger partial charge in [0, 0.05) is 0 Å². The van der Waals surface area contributed by atoms with E-state index < -0.39 is 0 Å². The smallest absolute Gasteiger partial charge is 0.348 e. The summed E-state index contributed by atoms with van der Waals surface area (Å²) >= 11 is 2.05. The average molecular weight is 1400 g/mol. The topological polar surface area (TPSA) is 36.4 Å². The van der Waals surface area contributed by atoms with E-state index in [1.807, 2.05) is 0 Å². The molecule has 0 saturated heterocycles. The van der Waals surface area contributed by atoms with Gasteiger partial charge in [-0.3, -0.25) is 0 Å². The summed E-state index contributed by atoms with van der Waals surface area (Å²) < 4.78 is 0. The summed E-state index contributed by atoms with van der Waals surface area (Å²) in [5.41, 5.74) is 18.6. The van der Waals surface area contributed by atoms with Gasteiger partial charge in [0.05, 0.1) is 5.57 Å². The first kappa shape index (κ1) is 93.8. The molecule has 0 atom stereocenters. The van der Waals surface area contributed by atoms with Crippen molar-refractivity contribution in [2.45, 2.75) is 508 Å². The fourth-order valence-corrected chi connectivity index (χ4v) is 16.1. The van der Waals surface area contributed by atoms with Gasteiger partial charge in [-0.2, -0.15) is 0 Å². The van der Waals surface area contributed by atoms with E-state index in [-0.39, 0.29) is 0 Å². The van der Waals surface area contributed by atoms with E-state index in [1.165, 1.54) is 468 Å². The second kappa shape index (κ2) is 79.0. The first-order valence-electron chi connectivity index (χ1n) is 44.9. The van der Waals surface area contributed by atoms with E-state index in [4.69, 9.17) is 0 Å². The maximum absolute atomic E-state index is 9.62. The fourth-order valence-electron chi connectivity index (χ4n) is 14.9. The van der Waals surface area contributed by atoms with Crippen LogP contribution in [0, 0.1) is 0 Å². The Balaban J connectivity index is 0.00000101. The van der Waals surface area contributed by atoms with Gasteiger partial charge in [-0.1, -0.05) is 360 Å². The first-order valence-corrected chi connectivity index (χ1v) is 46.3. The van der Waals surface area contributed by atoms with E-state index in [0.29, 0.717) is 0 Å². The van der Waals surface area contributed by atoms with Crippen molar-refractivity contribution >= 4 is 11.4 Å². The number of allylic oxidation sites excluding steroid dienone is 2. The van der Waals surface area contributed by atoms with Gasteiger partial charge in [-0.15, -0.1) is 4.79 Å². The molecule has 572 valence electrons. The average Bonchev–Trinajstić information content (AvgIpc) is 0.806. The Morgan fingerprint density at radius 2 is 0.551 bits per heavy atom. The van der Waals surface area contributed by atoms with E-state index in [1.54, 1.807) is 0 Å². The van der Waals surface area contributed by atoms with Crippen molar-refractivity contribution < 1.29 is 19.2 Å². The van der Waals surface area contributed by atoms with Gasteiger partial charge in [0.15, 0.2) is 0 Å². The Morgan fingerprint density at radius 1 is 0.286 bits per heavy atom. The van der Waals surface area contributed by atoms with E-state index in [0.717, 1.165) is 37.7 Å².